The number of ether oxygens (including phenoxy) is 2. The molecule has 0 radical (unpaired) electrons. The second kappa shape index (κ2) is 8.08. The summed E-state index contributed by atoms with van der Waals surface area (Å²) in [5.41, 5.74) is 3.15. The average molecular weight is 507 g/mol. The third kappa shape index (κ3) is 3.13. The van der Waals surface area contributed by atoms with Crippen molar-refractivity contribution in [3.05, 3.63) is 98.1 Å². The Kier molecular flexibility index (Phi) is 4.75. The summed E-state index contributed by atoms with van der Waals surface area (Å²) in [7, 11) is 1.55. The maximum atomic E-state index is 13.7. The molecule has 0 amide bonds. The van der Waals surface area contributed by atoms with Crippen molar-refractivity contribution in [1.82, 2.24) is 4.57 Å². The largest absolute Gasteiger partial charge is 0.507 e. The minimum atomic E-state index is -0.714. The number of carbonyl (C=O) groups is 1. The molecule has 0 fully saturated rings. The third-order valence-electron chi connectivity index (χ3n) is 7.58. The van der Waals surface area contributed by atoms with Crippen LogP contribution < -0.4 is 20.5 Å². The lowest BCUT2D eigenvalue weighted by Gasteiger charge is -2.26. The highest BCUT2D eigenvalue weighted by Crippen LogP contribution is 2.45. The Morgan fingerprint density at radius 3 is 2.66 bits per heavy atom. The molecule has 4 heterocycles. The maximum absolute atomic E-state index is 13.7. The fourth-order valence-corrected chi connectivity index (χ4v) is 5.81. The number of aromatic hydroxyl groups is 1. The zero-order valence-electron chi connectivity index (χ0n) is 20.3. The van der Waals surface area contributed by atoms with Crippen molar-refractivity contribution >= 4 is 27.8 Å². The first-order chi connectivity index (χ1) is 18.4. The van der Waals surface area contributed by atoms with Crippen molar-refractivity contribution in [1.29, 1.82) is 0 Å². The summed E-state index contributed by atoms with van der Waals surface area (Å²) in [6, 6.07) is 15.9. The van der Waals surface area contributed by atoms with E-state index in [4.69, 9.17) is 13.9 Å². The van der Waals surface area contributed by atoms with E-state index in [2.05, 4.69) is 0 Å². The molecule has 8 nitrogen and oxygen atoms in total. The molecule has 0 aliphatic carbocycles. The summed E-state index contributed by atoms with van der Waals surface area (Å²) in [4.78, 5) is 39.9. The Bertz CT molecular complexity index is 1930. The fourth-order valence-electron chi connectivity index (χ4n) is 5.81. The molecule has 2 aromatic heterocycles. The third-order valence-corrected chi connectivity index (χ3v) is 7.58. The number of nitrogens with zero attached hydrogens (tertiary/aromatic N) is 1. The monoisotopic (exact) mass is 507 g/mol. The van der Waals surface area contributed by atoms with Crippen LogP contribution in [-0.2, 0) is 17.8 Å². The van der Waals surface area contributed by atoms with Crippen molar-refractivity contribution in [2.75, 3.05) is 7.11 Å². The van der Waals surface area contributed by atoms with Crippen LogP contribution in [0, 0.1) is 0 Å². The SMILES string of the molecule is COc1ccc(-c2coc3c4c(cc(O)c3c2=O)OC(=O)CC4c2cc3cccc4c3n(c2=O)CC4)cc1. The summed E-state index contributed by atoms with van der Waals surface area (Å²) in [5.74, 6) is -0.902. The van der Waals surface area contributed by atoms with Crippen LogP contribution in [0.25, 0.3) is 33.0 Å². The predicted octanol–water partition coefficient (Wildman–Crippen LogP) is 4.49. The lowest BCUT2D eigenvalue weighted by atomic mass is 9.85. The molecule has 2 aliphatic heterocycles. The van der Waals surface area contributed by atoms with Crippen LogP contribution in [0.2, 0.25) is 0 Å². The van der Waals surface area contributed by atoms with Gasteiger partial charge in [0.2, 0.25) is 5.43 Å². The van der Waals surface area contributed by atoms with Crippen LogP contribution in [0.3, 0.4) is 0 Å². The Labute approximate surface area is 215 Å². The highest BCUT2D eigenvalue weighted by atomic mass is 16.5. The molecule has 1 atom stereocenters. The zero-order chi connectivity index (χ0) is 26.1. The van der Waals surface area contributed by atoms with E-state index >= 15 is 0 Å². The first-order valence-corrected chi connectivity index (χ1v) is 12.3. The van der Waals surface area contributed by atoms with Crippen molar-refractivity contribution in [2.24, 2.45) is 0 Å². The van der Waals surface area contributed by atoms with E-state index in [1.54, 1.807) is 35.9 Å². The number of phenols is 1. The molecular formula is C30H21NO7. The number of hydrogen-bond donors (Lipinski definition) is 1. The molecule has 0 saturated carbocycles. The smallest absolute Gasteiger partial charge is 0.312 e. The normalized spacial score (nSPS) is 16.0. The number of esters is 1. The van der Waals surface area contributed by atoms with E-state index in [9.17, 15) is 19.5 Å². The van der Waals surface area contributed by atoms with Gasteiger partial charge in [0, 0.05) is 29.7 Å². The molecule has 2 aliphatic rings. The van der Waals surface area contributed by atoms with E-state index in [-0.39, 0.29) is 40.0 Å². The predicted molar refractivity (Wildman–Crippen MR) is 140 cm³/mol. The number of para-hydroxylation sites is 1. The Hall–Kier alpha value is -4.85. The molecule has 0 spiro atoms. The zero-order valence-corrected chi connectivity index (χ0v) is 20.3. The molecule has 8 heteroatoms. The van der Waals surface area contributed by atoms with E-state index in [0.717, 1.165) is 22.9 Å². The van der Waals surface area contributed by atoms with Gasteiger partial charge in [-0.3, -0.25) is 14.4 Å². The van der Waals surface area contributed by atoms with Crippen molar-refractivity contribution in [3.8, 4) is 28.4 Å². The number of carbonyl (C=O) groups excluding carboxylic acids is 1. The van der Waals surface area contributed by atoms with Crippen molar-refractivity contribution in [2.45, 2.75) is 25.3 Å². The van der Waals surface area contributed by atoms with Crippen LogP contribution in [0.1, 0.15) is 29.0 Å². The number of aromatic nitrogens is 1. The minimum Gasteiger partial charge on any atom is -0.507 e. The van der Waals surface area contributed by atoms with Gasteiger partial charge >= 0.3 is 5.97 Å². The lowest BCUT2D eigenvalue weighted by molar-refractivity contribution is -0.135. The van der Waals surface area contributed by atoms with Gasteiger partial charge in [0.15, 0.2) is 0 Å². The molecule has 38 heavy (non-hydrogen) atoms. The lowest BCUT2D eigenvalue weighted by Crippen LogP contribution is -2.29. The van der Waals surface area contributed by atoms with Gasteiger partial charge in [-0.15, -0.1) is 0 Å². The van der Waals surface area contributed by atoms with E-state index < -0.39 is 17.3 Å². The van der Waals surface area contributed by atoms with Crippen LogP contribution in [0.5, 0.6) is 17.2 Å². The summed E-state index contributed by atoms with van der Waals surface area (Å²) in [6.45, 7) is 0.559. The Morgan fingerprint density at radius 1 is 1.05 bits per heavy atom. The molecule has 0 bridgehead atoms. The number of aryl methyl sites for hydroxylation is 2. The van der Waals surface area contributed by atoms with Crippen LogP contribution >= 0.6 is 0 Å². The summed E-state index contributed by atoms with van der Waals surface area (Å²) in [6.07, 6.45) is 2.00. The van der Waals surface area contributed by atoms with Gasteiger partial charge in [0.1, 0.15) is 34.5 Å². The molecule has 1 unspecified atom stereocenters. The number of fused-ring (bicyclic) bond motifs is 3. The van der Waals surface area contributed by atoms with Gasteiger partial charge in [-0.05, 0) is 41.1 Å². The van der Waals surface area contributed by atoms with Crippen LogP contribution in [-0.4, -0.2) is 22.8 Å². The first-order valence-electron chi connectivity index (χ1n) is 12.3. The first kappa shape index (κ1) is 22.4. The Morgan fingerprint density at radius 2 is 1.87 bits per heavy atom. The van der Waals surface area contributed by atoms with Crippen LogP contribution in [0.15, 0.2) is 74.9 Å². The number of rotatable bonds is 3. The molecule has 1 N–H and O–H groups in total. The quantitative estimate of drug-likeness (QED) is 0.283. The number of benzene rings is 3. The number of phenolic OH excluding ortho intramolecular Hbond substituents is 1. The highest BCUT2D eigenvalue weighted by molar-refractivity contribution is 5.94. The Balaban J connectivity index is 1.48. The molecule has 188 valence electrons. The fraction of sp³-hybridized carbons (Fsp3) is 0.167. The van der Waals surface area contributed by atoms with E-state index in [1.807, 2.05) is 24.3 Å². The molecule has 5 aromatic rings. The molecule has 3 aromatic carbocycles. The topological polar surface area (TPSA) is 108 Å². The van der Waals surface area contributed by atoms with Crippen molar-refractivity contribution in [3.63, 3.8) is 0 Å². The standard InChI is InChI=1S/C30H21NO7/c1-36-18-7-5-15(6-8-18)21-14-37-29-25-19(12-24(33)38-23(25)13-22(32)26(29)28(21)34)20-11-17-4-2-3-16-9-10-31(27(16)17)30(20)35/h2-8,11,13-14,19,32H,9-10,12H2,1H3. The van der Waals surface area contributed by atoms with Gasteiger partial charge < -0.3 is 23.6 Å². The number of methoxy groups -OCH3 is 1. The van der Waals surface area contributed by atoms with Gasteiger partial charge in [-0.2, -0.15) is 0 Å². The summed E-state index contributed by atoms with van der Waals surface area (Å²) >= 11 is 0. The van der Waals surface area contributed by atoms with E-state index in [1.165, 1.54) is 12.3 Å². The van der Waals surface area contributed by atoms with Gasteiger partial charge in [-0.1, -0.05) is 30.3 Å². The van der Waals surface area contributed by atoms with Gasteiger partial charge in [0.25, 0.3) is 5.56 Å². The second-order valence-electron chi connectivity index (χ2n) is 9.61. The summed E-state index contributed by atoms with van der Waals surface area (Å²) < 4.78 is 18.4. The van der Waals surface area contributed by atoms with E-state index in [0.29, 0.717) is 29.0 Å². The van der Waals surface area contributed by atoms with Gasteiger partial charge in [0.05, 0.1) is 24.6 Å². The minimum absolute atomic E-state index is 0.0345. The van der Waals surface area contributed by atoms with Gasteiger partial charge in [-0.25, -0.2) is 0 Å². The number of pyridine rings is 1. The molecule has 7 rings (SSSR count). The molecular weight excluding hydrogens is 486 g/mol. The second-order valence-corrected chi connectivity index (χ2v) is 9.61. The van der Waals surface area contributed by atoms with Crippen LogP contribution in [0.4, 0.5) is 0 Å². The number of hydrogen-bond acceptors (Lipinski definition) is 7. The summed E-state index contributed by atoms with van der Waals surface area (Å²) in [5, 5.41) is 11.7. The highest BCUT2D eigenvalue weighted by Gasteiger charge is 2.36. The maximum Gasteiger partial charge on any atom is 0.312 e. The molecule has 0 saturated heterocycles. The van der Waals surface area contributed by atoms with Crippen molar-refractivity contribution < 1.29 is 23.8 Å². The average Bonchev–Trinajstić information content (AvgIpc) is 3.36.